The Hall–Kier alpha value is -1.18. The van der Waals surface area contributed by atoms with E-state index in [9.17, 15) is 0 Å². The Morgan fingerprint density at radius 1 is 0.913 bits per heavy atom. The van der Waals surface area contributed by atoms with Crippen molar-refractivity contribution in [2.24, 2.45) is 11.8 Å². The van der Waals surface area contributed by atoms with Gasteiger partial charge in [-0.1, -0.05) is 19.8 Å². The van der Waals surface area contributed by atoms with E-state index < -0.39 is 0 Å². The van der Waals surface area contributed by atoms with Crippen molar-refractivity contribution in [2.45, 2.75) is 71.3 Å². The summed E-state index contributed by atoms with van der Waals surface area (Å²) in [5.41, 5.74) is 1.29. The molecule has 1 heterocycles. The lowest BCUT2D eigenvalue weighted by Gasteiger charge is -2.39. The third-order valence-electron chi connectivity index (χ3n) is 5.94. The molecule has 2 aliphatic rings. The first-order valence-electron chi connectivity index (χ1n) is 9.58. The van der Waals surface area contributed by atoms with Crippen LogP contribution in [0.4, 0.5) is 5.69 Å². The van der Waals surface area contributed by atoms with Crippen molar-refractivity contribution in [3.8, 4) is 5.75 Å². The van der Waals surface area contributed by atoms with Gasteiger partial charge in [0.2, 0.25) is 0 Å². The van der Waals surface area contributed by atoms with Crippen molar-refractivity contribution >= 4 is 5.69 Å². The van der Waals surface area contributed by atoms with Crippen molar-refractivity contribution in [1.82, 2.24) is 0 Å². The summed E-state index contributed by atoms with van der Waals surface area (Å²) < 4.78 is 6.40. The van der Waals surface area contributed by atoms with Crippen molar-refractivity contribution < 1.29 is 4.74 Å². The maximum absolute atomic E-state index is 6.40. The highest BCUT2D eigenvalue weighted by molar-refractivity contribution is 5.49. The van der Waals surface area contributed by atoms with Crippen LogP contribution < -0.4 is 9.64 Å². The standard InChI is InChI=1S/C21H33NO/c1-17-7-9-18(10-8-17)21(2,3)23-20-13-11-19(12-14-20)22-15-5-4-6-16-22/h11-14,17-18H,4-10,15-16H2,1-3H3. The second-order valence-electron chi connectivity index (χ2n) is 8.20. The molecule has 0 radical (unpaired) electrons. The van der Waals surface area contributed by atoms with Crippen LogP contribution in [0.5, 0.6) is 5.75 Å². The zero-order valence-electron chi connectivity index (χ0n) is 15.2. The highest BCUT2D eigenvalue weighted by Gasteiger charge is 2.34. The van der Waals surface area contributed by atoms with E-state index in [0.29, 0.717) is 5.92 Å². The fraction of sp³-hybridized carbons (Fsp3) is 0.714. The zero-order chi connectivity index (χ0) is 16.3. The van der Waals surface area contributed by atoms with Gasteiger partial charge in [-0.2, -0.15) is 0 Å². The van der Waals surface area contributed by atoms with E-state index in [2.05, 4.69) is 49.9 Å². The predicted octanol–water partition coefficient (Wildman–Crippen LogP) is 5.66. The van der Waals surface area contributed by atoms with Crippen molar-refractivity contribution in [3.05, 3.63) is 24.3 Å². The molecule has 0 bridgehead atoms. The fourth-order valence-electron chi connectivity index (χ4n) is 4.22. The number of hydrogen-bond donors (Lipinski definition) is 0. The molecule has 1 aromatic rings. The minimum atomic E-state index is -0.0627. The van der Waals surface area contributed by atoms with Gasteiger partial charge < -0.3 is 9.64 Å². The molecule has 1 aliphatic carbocycles. The molecule has 0 N–H and O–H groups in total. The Kier molecular flexibility index (Phi) is 5.18. The predicted molar refractivity (Wildman–Crippen MR) is 98.3 cm³/mol. The molecule has 1 saturated carbocycles. The summed E-state index contributed by atoms with van der Waals surface area (Å²) in [6.07, 6.45) is 9.35. The summed E-state index contributed by atoms with van der Waals surface area (Å²) in [7, 11) is 0. The quantitative estimate of drug-likeness (QED) is 0.710. The Morgan fingerprint density at radius 2 is 1.52 bits per heavy atom. The van der Waals surface area contributed by atoms with Crippen LogP contribution in [0, 0.1) is 11.8 Å². The van der Waals surface area contributed by atoms with E-state index in [1.807, 2.05) is 0 Å². The normalized spacial score (nSPS) is 26.1. The van der Waals surface area contributed by atoms with Gasteiger partial charge in [0.15, 0.2) is 0 Å². The summed E-state index contributed by atoms with van der Waals surface area (Å²) in [5, 5.41) is 0. The molecule has 1 saturated heterocycles. The molecule has 0 unspecified atom stereocenters. The third-order valence-corrected chi connectivity index (χ3v) is 5.94. The average Bonchev–Trinajstić information content (AvgIpc) is 2.56. The Labute approximate surface area is 142 Å². The largest absolute Gasteiger partial charge is 0.488 e. The first-order chi connectivity index (χ1) is 11.0. The topological polar surface area (TPSA) is 12.5 Å². The summed E-state index contributed by atoms with van der Waals surface area (Å²) >= 11 is 0. The lowest BCUT2D eigenvalue weighted by Crippen LogP contribution is -2.39. The molecule has 3 rings (SSSR count). The highest BCUT2D eigenvalue weighted by Crippen LogP contribution is 2.38. The number of anilines is 1. The van der Waals surface area contributed by atoms with E-state index in [4.69, 9.17) is 4.74 Å². The van der Waals surface area contributed by atoms with Crippen LogP contribution in [-0.4, -0.2) is 18.7 Å². The SMILES string of the molecule is CC1CCC(C(C)(C)Oc2ccc(N3CCCCC3)cc2)CC1. The number of rotatable bonds is 4. The first-order valence-corrected chi connectivity index (χ1v) is 9.58. The number of nitrogens with zero attached hydrogens (tertiary/aromatic N) is 1. The smallest absolute Gasteiger partial charge is 0.120 e. The fourth-order valence-corrected chi connectivity index (χ4v) is 4.22. The summed E-state index contributed by atoms with van der Waals surface area (Å²) in [6.45, 7) is 9.32. The summed E-state index contributed by atoms with van der Waals surface area (Å²) in [6, 6.07) is 8.80. The van der Waals surface area contributed by atoms with Gasteiger partial charge in [-0.05, 0) is 82.1 Å². The van der Waals surface area contributed by atoms with E-state index in [1.165, 1.54) is 63.7 Å². The maximum Gasteiger partial charge on any atom is 0.120 e. The van der Waals surface area contributed by atoms with Crippen LogP contribution in [0.15, 0.2) is 24.3 Å². The monoisotopic (exact) mass is 315 g/mol. The van der Waals surface area contributed by atoms with Crippen LogP contribution in [0.3, 0.4) is 0 Å². The minimum absolute atomic E-state index is 0.0627. The van der Waals surface area contributed by atoms with E-state index in [-0.39, 0.29) is 5.60 Å². The third kappa shape index (κ3) is 4.22. The lowest BCUT2D eigenvalue weighted by atomic mass is 9.75. The molecule has 0 spiro atoms. The molecule has 0 amide bonds. The van der Waals surface area contributed by atoms with E-state index in [0.717, 1.165) is 11.7 Å². The molecule has 2 heteroatoms. The zero-order valence-corrected chi connectivity index (χ0v) is 15.2. The van der Waals surface area contributed by atoms with E-state index >= 15 is 0 Å². The number of piperidine rings is 1. The molecule has 128 valence electrons. The van der Waals surface area contributed by atoms with Gasteiger partial charge in [0.1, 0.15) is 11.4 Å². The van der Waals surface area contributed by atoms with Gasteiger partial charge in [-0.3, -0.25) is 0 Å². The van der Waals surface area contributed by atoms with Gasteiger partial charge in [0.05, 0.1) is 0 Å². The molecule has 23 heavy (non-hydrogen) atoms. The average molecular weight is 316 g/mol. The lowest BCUT2D eigenvalue weighted by molar-refractivity contribution is 0.0188. The van der Waals surface area contributed by atoms with Gasteiger partial charge in [0, 0.05) is 18.8 Å². The second-order valence-corrected chi connectivity index (χ2v) is 8.20. The molecule has 2 fully saturated rings. The molecule has 1 aliphatic heterocycles. The molecule has 0 aromatic heterocycles. The summed E-state index contributed by atoms with van der Waals surface area (Å²) in [5.74, 6) is 2.60. The maximum atomic E-state index is 6.40. The van der Waals surface area contributed by atoms with Crippen molar-refractivity contribution in [1.29, 1.82) is 0 Å². The Morgan fingerprint density at radius 3 is 2.13 bits per heavy atom. The molecule has 1 aromatic carbocycles. The van der Waals surface area contributed by atoms with Gasteiger partial charge in [-0.25, -0.2) is 0 Å². The van der Waals surface area contributed by atoms with Crippen LogP contribution in [0.2, 0.25) is 0 Å². The van der Waals surface area contributed by atoms with Gasteiger partial charge >= 0.3 is 0 Å². The first kappa shape index (κ1) is 16.7. The number of ether oxygens (including phenoxy) is 1. The summed E-state index contributed by atoms with van der Waals surface area (Å²) in [4.78, 5) is 2.50. The van der Waals surface area contributed by atoms with Crippen molar-refractivity contribution in [3.63, 3.8) is 0 Å². The van der Waals surface area contributed by atoms with Crippen LogP contribution in [-0.2, 0) is 0 Å². The molecular formula is C21H33NO. The Balaban J connectivity index is 1.60. The van der Waals surface area contributed by atoms with Crippen LogP contribution >= 0.6 is 0 Å². The second kappa shape index (κ2) is 7.15. The van der Waals surface area contributed by atoms with Crippen LogP contribution in [0.25, 0.3) is 0 Å². The van der Waals surface area contributed by atoms with Crippen molar-refractivity contribution in [2.75, 3.05) is 18.0 Å². The molecule has 0 atom stereocenters. The van der Waals surface area contributed by atoms with Gasteiger partial charge in [0.25, 0.3) is 0 Å². The minimum Gasteiger partial charge on any atom is -0.488 e. The number of hydrogen-bond acceptors (Lipinski definition) is 2. The van der Waals surface area contributed by atoms with Crippen LogP contribution in [0.1, 0.15) is 65.7 Å². The highest BCUT2D eigenvalue weighted by atomic mass is 16.5. The molecule has 2 nitrogen and oxygen atoms in total. The van der Waals surface area contributed by atoms with E-state index in [1.54, 1.807) is 0 Å². The molecular weight excluding hydrogens is 282 g/mol. The number of benzene rings is 1. The van der Waals surface area contributed by atoms with Gasteiger partial charge in [-0.15, -0.1) is 0 Å². The Bertz CT molecular complexity index is 479.